The van der Waals surface area contributed by atoms with Gasteiger partial charge in [0.1, 0.15) is 5.75 Å². The Morgan fingerprint density at radius 1 is 0.929 bits per heavy atom. The molecule has 0 aliphatic rings. The fraction of sp³-hybridized carbons (Fsp3) is 0.0833. The van der Waals surface area contributed by atoms with E-state index in [1.165, 1.54) is 0 Å². The summed E-state index contributed by atoms with van der Waals surface area (Å²) in [6.45, 7) is 1.95. The number of aryl methyl sites for hydroxylation is 1. The smallest absolute Gasteiger partial charge is 0.275 e. The van der Waals surface area contributed by atoms with E-state index >= 15 is 0 Å². The molecule has 0 unspecified atom stereocenters. The van der Waals surface area contributed by atoms with Gasteiger partial charge in [0, 0.05) is 5.56 Å². The number of carbonyl (C=O) groups is 1. The van der Waals surface area contributed by atoms with E-state index in [0.717, 1.165) is 32.7 Å². The highest BCUT2D eigenvalue weighted by atomic mass is 16.5. The van der Waals surface area contributed by atoms with Gasteiger partial charge in [0.25, 0.3) is 5.91 Å². The molecule has 4 heteroatoms. The van der Waals surface area contributed by atoms with E-state index in [0.29, 0.717) is 11.3 Å². The molecule has 0 aliphatic heterocycles. The van der Waals surface area contributed by atoms with Crippen LogP contribution in [0.4, 0.5) is 0 Å². The maximum atomic E-state index is 12.5. The maximum Gasteiger partial charge on any atom is 0.275 e. The van der Waals surface area contributed by atoms with Crippen molar-refractivity contribution in [1.29, 1.82) is 0 Å². The Kier molecular flexibility index (Phi) is 4.77. The zero-order valence-electron chi connectivity index (χ0n) is 15.8. The SMILES string of the molecule is COc1cc(C)ccc1C(=O)N/N=C\c1c2ccccc2cc2ccccc12. The van der Waals surface area contributed by atoms with Gasteiger partial charge in [-0.2, -0.15) is 5.10 Å². The number of hydrogen-bond acceptors (Lipinski definition) is 3. The van der Waals surface area contributed by atoms with Crippen LogP contribution >= 0.6 is 0 Å². The number of rotatable bonds is 4. The normalized spacial score (nSPS) is 11.2. The Balaban J connectivity index is 1.70. The number of hydrazone groups is 1. The lowest BCUT2D eigenvalue weighted by atomic mass is 9.97. The summed E-state index contributed by atoms with van der Waals surface area (Å²) in [7, 11) is 1.55. The Bertz CT molecular complexity index is 1160. The molecular formula is C24H20N2O2. The largest absolute Gasteiger partial charge is 0.496 e. The molecule has 1 amide bonds. The fourth-order valence-electron chi connectivity index (χ4n) is 3.39. The van der Waals surface area contributed by atoms with Crippen LogP contribution in [0.15, 0.2) is 77.9 Å². The van der Waals surface area contributed by atoms with Crippen LogP contribution in [0.25, 0.3) is 21.5 Å². The second-order valence-corrected chi connectivity index (χ2v) is 6.64. The summed E-state index contributed by atoms with van der Waals surface area (Å²) in [5, 5.41) is 8.68. The highest BCUT2D eigenvalue weighted by Gasteiger charge is 2.11. The lowest BCUT2D eigenvalue weighted by molar-refractivity contribution is 0.0952. The number of ether oxygens (including phenoxy) is 1. The minimum absolute atomic E-state index is 0.308. The van der Waals surface area contributed by atoms with Gasteiger partial charge in [-0.1, -0.05) is 54.6 Å². The first-order valence-electron chi connectivity index (χ1n) is 9.06. The molecule has 4 aromatic carbocycles. The fourth-order valence-corrected chi connectivity index (χ4v) is 3.39. The molecule has 0 radical (unpaired) electrons. The number of hydrogen-bond donors (Lipinski definition) is 1. The van der Waals surface area contributed by atoms with Gasteiger partial charge in [0.15, 0.2) is 0 Å². The van der Waals surface area contributed by atoms with Crippen molar-refractivity contribution >= 4 is 33.7 Å². The number of carbonyl (C=O) groups excluding carboxylic acids is 1. The van der Waals surface area contributed by atoms with Crippen LogP contribution < -0.4 is 10.2 Å². The summed E-state index contributed by atoms with van der Waals surface area (Å²) in [5.41, 5.74) is 5.08. The van der Waals surface area contributed by atoms with E-state index in [2.05, 4.69) is 40.9 Å². The Morgan fingerprint density at radius 2 is 1.57 bits per heavy atom. The second-order valence-electron chi connectivity index (χ2n) is 6.64. The molecule has 0 heterocycles. The predicted molar refractivity (Wildman–Crippen MR) is 114 cm³/mol. The van der Waals surface area contributed by atoms with Gasteiger partial charge in [-0.25, -0.2) is 5.43 Å². The van der Waals surface area contributed by atoms with E-state index in [1.807, 2.05) is 43.3 Å². The molecule has 0 atom stereocenters. The first-order valence-corrected chi connectivity index (χ1v) is 9.06. The molecule has 0 spiro atoms. The number of fused-ring (bicyclic) bond motifs is 2. The third-order valence-corrected chi connectivity index (χ3v) is 4.77. The molecule has 0 saturated heterocycles. The molecule has 0 saturated carbocycles. The summed E-state index contributed by atoms with van der Waals surface area (Å²) in [4.78, 5) is 12.5. The van der Waals surface area contributed by atoms with E-state index < -0.39 is 0 Å². The number of amides is 1. The van der Waals surface area contributed by atoms with Crippen LogP contribution in [0.1, 0.15) is 21.5 Å². The molecule has 0 aliphatic carbocycles. The molecule has 4 rings (SSSR count). The number of nitrogens with zero attached hydrogens (tertiary/aromatic N) is 1. The summed E-state index contributed by atoms with van der Waals surface area (Å²) in [5.74, 6) is 0.223. The van der Waals surface area contributed by atoms with Crippen molar-refractivity contribution in [3.8, 4) is 5.75 Å². The van der Waals surface area contributed by atoms with Gasteiger partial charge in [0.2, 0.25) is 0 Å². The van der Waals surface area contributed by atoms with Crippen molar-refractivity contribution in [3.05, 3.63) is 89.5 Å². The monoisotopic (exact) mass is 368 g/mol. The van der Waals surface area contributed by atoms with Crippen LogP contribution in [0, 0.1) is 6.92 Å². The third-order valence-electron chi connectivity index (χ3n) is 4.77. The van der Waals surface area contributed by atoms with Crippen molar-refractivity contribution in [2.24, 2.45) is 5.10 Å². The Hall–Kier alpha value is -3.66. The van der Waals surface area contributed by atoms with Gasteiger partial charge >= 0.3 is 0 Å². The van der Waals surface area contributed by atoms with Crippen molar-refractivity contribution in [1.82, 2.24) is 5.43 Å². The van der Waals surface area contributed by atoms with Crippen LogP contribution in [0.3, 0.4) is 0 Å². The summed E-state index contributed by atoms with van der Waals surface area (Å²) < 4.78 is 5.31. The molecule has 1 N–H and O–H groups in total. The highest BCUT2D eigenvalue weighted by molar-refractivity contribution is 6.13. The zero-order chi connectivity index (χ0) is 19.5. The number of nitrogens with one attached hydrogen (secondary N) is 1. The minimum atomic E-state index is -0.308. The average molecular weight is 368 g/mol. The molecular weight excluding hydrogens is 348 g/mol. The van der Waals surface area contributed by atoms with E-state index in [1.54, 1.807) is 19.4 Å². The van der Waals surface area contributed by atoms with E-state index in [4.69, 9.17) is 4.74 Å². The number of methoxy groups -OCH3 is 1. The molecule has 0 aromatic heterocycles. The minimum Gasteiger partial charge on any atom is -0.496 e. The van der Waals surface area contributed by atoms with Gasteiger partial charge in [-0.3, -0.25) is 4.79 Å². The zero-order valence-corrected chi connectivity index (χ0v) is 15.8. The third kappa shape index (κ3) is 3.32. The maximum absolute atomic E-state index is 12.5. The summed E-state index contributed by atoms with van der Waals surface area (Å²) in [6.07, 6.45) is 1.71. The van der Waals surface area contributed by atoms with Gasteiger partial charge in [0.05, 0.1) is 18.9 Å². The summed E-state index contributed by atoms with van der Waals surface area (Å²) >= 11 is 0. The first-order chi connectivity index (χ1) is 13.7. The summed E-state index contributed by atoms with van der Waals surface area (Å²) in [6, 6.07) is 23.9. The molecule has 0 fully saturated rings. The predicted octanol–water partition coefficient (Wildman–Crippen LogP) is 5.07. The average Bonchev–Trinajstić information content (AvgIpc) is 2.73. The van der Waals surface area contributed by atoms with Crippen LogP contribution in [0.5, 0.6) is 5.75 Å². The highest BCUT2D eigenvalue weighted by Crippen LogP contribution is 2.27. The lowest BCUT2D eigenvalue weighted by Gasteiger charge is -2.09. The molecule has 138 valence electrons. The van der Waals surface area contributed by atoms with Gasteiger partial charge in [-0.05, 0) is 52.2 Å². The molecule has 0 bridgehead atoms. The van der Waals surface area contributed by atoms with Crippen molar-refractivity contribution in [2.45, 2.75) is 6.92 Å². The van der Waals surface area contributed by atoms with Gasteiger partial charge in [-0.15, -0.1) is 0 Å². The van der Waals surface area contributed by atoms with Gasteiger partial charge < -0.3 is 4.74 Å². The molecule has 28 heavy (non-hydrogen) atoms. The molecule has 4 aromatic rings. The van der Waals surface area contributed by atoms with E-state index in [-0.39, 0.29) is 5.91 Å². The first kappa shape index (κ1) is 17.7. The topological polar surface area (TPSA) is 50.7 Å². The Labute approximate surface area is 163 Å². The van der Waals surface area contributed by atoms with Crippen molar-refractivity contribution in [2.75, 3.05) is 7.11 Å². The molecule has 4 nitrogen and oxygen atoms in total. The van der Waals surface area contributed by atoms with Crippen molar-refractivity contribution < 1.29 is 9.53 Å². The van der Waals surface area contributed by atoms with Crippen LogP contribution in [0.2, 0.25) is 0 Å². The van der Waals surface area contributed by atoms with Crippen molar-refractivity contribution in [3.63, 3.8) is 0 Å². The van der Waals surface area contributed by atoms with Crippen LogP contribution in [-0.2, 0) is 0 Å². The van der Waals surface area contributed by atoms with E-state index in [9.17, 15) is 4.79 Å². The Morgan fingerprint density at radius 3 is 2.21 bits per heavy atom. The quantitative estimate of drug-likeness (QED) is 0.310. The standard InChI is InChI=1S/C24H20N2O2/c1-16-11-12-21(23(13-16)28-2)24(27)26-25-15-22-19-9-5-3-7-17(19)14-18-8-4-6-10-20(18)22/h3-15H,1-2H3,(H,26,27)/b25-15-. The van der Waals surface area contributed by atoms with Crippen LogP contribution in [-0.4, -0.2) is 19.2 Å². The second kappa shape index (κ2) is 7.53. The lowest BCUT2D eigenvalue weighted by Crippen LogP contribution is -2.18. The number of benzene rings is 4.